The van der Waals surface area contributed by atoms with E-state index in [1.54, 1.807) is 0 Å². The third-order valence-electron chi connectivity index (χ3n) is 3.28. The Morgan fingerprint density at radius 2 is 2.05 bits per heavy atom. The lowest BCUT2D eigenvalue weighted by atomic mass is 10.1. The van der Waals surface area contributed by atoms with Gasteiger partial charge >= 0.3 is 4.87 Å². The molecular weight excluding hydrogens is 270 g/mol. The Kier molecular flexibility index (Phi) is 5.09. The number of aromatic nitrogens is 2. The molecule has 0 unspecified atom stereocenters. The lowest BCUT2D eigenvalue weighted by Crippen LogP contribution is -2.21. The van der Waals surface area contributed by atoms with Crippen LogP contribution in [0.2, 0.25) is 0 Å². The molecule has 2 aromatic heterocycles. The Hall–Kier alpha value is -1.46. The summed E-state index contributed by atoms with van der Waals surface area (Å²) in [5, 5.41) is 0. The highest BCUT2D eigenvalue weighted by atomic mass is 32.1. The van der Waals surface area contributed by atoms with Crippen LogP contribution in [-0.4, -0.2) is 28.5 Å². The average Bonchev–Trinajstić information content (AvgIpc) is 2.79. The first-order chi connectivity index (χ1) is 9.56. The second kappa shape index (κ2) is 6.81. The standard InChI is InChI=1S/C15H21N3OS/c1-11(2)14-13(20-15(19)17-14)10-18(3)9-6-12-4-7-16-8-5-12/h4-5,7-8,11H,6,9-10H2,1-3H3,(H,17,19). The van der Waals surface area contributed by atoms with Gasteiger partial charge in [0.1, 0.15) is 0 Å². The van der Waals surface area contributed by atoms with Crippen LogP contribution in [0.3, 0.4) is 0 Å². The highest BCUT2D eigenvalue weighted by Crippen LogP contribution is 2.20. The third kappa shape index (κ3) is 4.02. The molecule has 2 aromatic rings. The molecule has 4 nitrogen and oxygen atoms in total. The summed E-state index contributed by atoms with van der Waals surface area (Å²) in [5.41, 5.74) is 2.37. The van der Waals surface area contributed by atoms with Crippen molar-refractivity contribution in [2.75, 3.05) is 13.6 Å². The van der Waals surface area contributed by atoms with E-state index in [1.165, 1.54) is 16.9 Å². The summed E-state index contributed by atoms with van der Waals surface area (Å²) in [7, 11) is 2.09. The molecule has 0 spiro atoms. The van der Waals surface area contributed by atoms with Gasteiger partial charge < -0.3 is 9.88 Å². The van der Waals surface area contributed by atoms with E-state index in [4.69, 9.17) is 0 Å². The number of hydrogen-bond donors (Lipinski definition) is 1. The quantitative estimate of drug-likeness (QED) is 0.890. The van der Waals surface area contributed by atoms with Crippen molar-refractivity contribution in [3.05, 3.63) is 50.3 Å². The minimum atomic E-state index is 0.0474. The van der Waals surface area contributed by atoms with Crippen molar-refractivity contribution in [1.82, 2.24) is 14.9 Å². The Labute approximate surface area is 123 Å². The number of H-pyrrole nitrogens is 1. The lowest BCUT2D eigenvalue weighted by Gasteiger charge is -2.17. The van der Waals surface area contributed by atoms with Crippen LogP contribution < -0.4 is 4.87 Å². The maximum Gasteiger partial charge on any atom is 0.304 e. The molecule has 0 atom stereocenters. The summed E-state index contributed by atoms with van der Waals surface area (Å²) in [6.45, 7) is 6.01. The second-order valence-corrected chi connectivity index (χ2v) is 6.42. The summed E-state index contributed by atoms with van der Waals surface area (Å²) >= 11 is 1.33. The zero-order valence-electron chi connectivity index (χ0n) is 12.2. The number of aromatic amines is 1. The molecule has 108 valence electrons. The van der Waals surface area contributed by atoms with Gasteiger partial charge in [0.05, 0.1) is 0 Å². The molecule has 0 fully saturated rings. The highest BCUT2D eigenvalue weighted by molar-refractivity contribution is 7.09. The van der Waals surface area contributed by atoms with E-state index in [1.807, 2.05) is 24.5 Å². The zero-order chi connectivity index (χ0) is 14.5. The summed E-state index contributed by atoms with van der Waals surface area (Å²) in [4.78, 5) is 21.9. The van der Waals surface area contributed by atoms with Gasteiger partial charge in [-0.3, -0.25) is 9.78 Å². The molecule has 0 aliphatic rings. The Morgan fingerprint density at radius 1 is 1.35 bits per heavy atom. The number of rotatable bonds is 6. The van der Waals surface area contributed by atoms with E-state index >= 15 is 0 Å². The van der Waals surface area contributed by atoms with Gasteiger partial charge in [0, 0.05) is 36.1 Å². The fourth-order valence-corrected chi connectivity index (χ4v) is 3.22. The fraction of sp³-hybridized carbons (Fsp3) is 0.467. The van der Waals surface area contributed by atoms with Gasteiger partial charge in [-0.25, -0.2) is 0 Å². The van der Waals surface area contributed by atoms with Crippen LogP contribution in [0.25, 0.3) is 0 Å². The molecule has 0 aromatic carbocycles. The third-order valence-corrected chi connectivity index (χ3v) is 4.16. The first-order valence-electron chi connectivity index (χ1n) is 6.85. The summed E-state index contributed by atoms with van der Waals surface area (Å²) < 4.78 is 0. The van der Waals surface area contributed by atoms with Crippen molar-refractivity contribution in [3.63, 3.8) is 0 Å². The molecule has 5 heteroatoms. The van der Waals surface area contributed by atoms with Crippen LogP contribution in [0.1, 0.15) is 35.9 Å². The number of pyridine rings is 1. The van der Waals surface area contributed by atoms with Gasteiger partial charge in [-0.05, 0) is 37.1 Å². The minimum Gasteiger partial charge on any atom is -0.316 e. The molecular formula is C15H21N3OS. The van der Waals surface area contributed by atoms with Gasteiger partial charge in [-0.15, -0.1) is 0 Å². The average molecular weight is 291 g/mol. The molecule has 2 heterocycles. The summed E-state index contributed by atoms with van der Waals surface area (Å²) in [6, 6.07) is 4.09. The number of thiazole rings is 1. The van der Waals surface area contributed by atoms with E-state index in [0.717, 1.165) is 30.1 Å². The van der Waals surface area contributed by atoms with Crippen LogP contribution in [0, 0.1) is 0 Å². The number of nitrogens with one attached hydrogen (secondary N) is 1. The van der Waals surface area contributed by atoms with Crippen molar-refractivity contribution in [2.24, 2.45) is 0 Å². The Balaban J connectivity index is 1.94. The molecule has 0 aliphatic heterocycles. The smallest absolute Gasteiger partial charge is 0.304 e. The van der Waals surface area contributed by atoms with Gasteiger partial charge in [0.15, 0.2) is 0 Å². The predicted molar refractivity (Wildman–Crippen MR) is 83.3 cm³/mol. The van der Waals surface area contributed by atoms with Crippen LogP contribution >= 0.6 is 11.3 Å². The van der Waals surface area contributed by atoms with E-state index in [0.29, 0.717) is 5.92 Å². The normalized spacial score (nSPS) is 11.4. The van der Waals surface area contributed by atoms with E-state index < -0.39 is 0 Å². The number of likely N-dealkylation sites (N-methyl/N-ethyl adjacent to an activating group) is 1. The highest BCUT2D eigenvalue weighted by Gasteiger charge is 2.13. The van der Waals surface area contributed by atoms with Crippen LogP contribution in [0.4, 0.5) is 0 Å². The topological polar surface area (TPSA) is 49.0 Å². The number of nitrogens with zero attached hydrogens (tertiary/aromatic N) is 2. The molecule has 0 saturated carbocycles. The predicted octanol–water partition coefficient (Wildman–Crippen LogP) is 2.63. The van der Waals surface area contributed by atoms with Crippen LogP contribution in [-0.2, 0) is 13.0 Å². The fourth-order valence-electron chi connectivity index (χ4n) is 2.15. The Morgan fingerprint density at radius 3 is 2.70 bits per heavy atom. The monoisotopic (exact) mass is 291 g/mol. The molecule has 0 aliphatic carbocycles. The second-order valence-electron chi connectivity index (χ2n) is 5.35. The van der Waals surface area contributed by atoms with E-state index in [9.17, 15) is 4.79 Å². The first kappa shape index (κ1) is 14.9. The SMILES string of the molecule is CC(C)c1[nH]c(=O)sc1CN(C)CCc1ccncc1. The maximum atomic E-state index is 11.5. The maximum absolute atomic E-state index is 11.5. The molecule has 0 radical (unpaired) electrons. The van der Waals surface area contributed by atoms with Gasteiger partial charge in [-0.1, -0.05) is 25.2 Å². The van der Waals surface area contributed by atoms with Crippen molar-refractivity contribution >= 4 is 11.3 Å². The zero-order valence-corrected chi connectivity index (χ0v) is 13.0. The minimum absolute atomic E-state index is 0.0474. The van der Waals surface area contributed by atoms with Crippen LogP contribution in [0.5, 0.6) is 0 Å². The summed E-state index contributed by atoms with van der Waals surface area (Å²) in [6.07, 6.45) is 4.64. The molecule has 0 amide bonds. The van der Waals surface area contributed by atoms with E-state index in [-0.39, 0.29) is 4.87 Å². The summed E-state index contributed by atoms with van der Waals surface area (Å²) in [5.74, 6) is 0.359. The molecule has 1 N–H and O–H groups in total. The molecule has 0 saturated heterocycles. The largest absolute Gasteiger partial charge is 0.316 e. The van der Waals surface area contributed by atoms with Gasteiger partial charge in [0.25, 0.3) is 0 Å². The van der Waals surface area contributed by atoms with Crippen LogP contribution in [0.15, 0.2) is 29.3 Å². The van der Waals surface area contributed by atoms with Crippen molar-refractivity contribution in [3.8, 4) is 0 Å². The first-order valence-corrected chi connectivity index (χ1v) is 7.67. The lowest BCUT2D eigenvalue weighted by molar-refractivity contribution is 0.332. The molecule has 0 bridgehead atoms. The Bertz CT molecular complexity index is 589. The molecule has 2 rings (SSSR count). The van der Waals surface area contributed by atoms with Crippen molar-refractivity contribution in [2.45, 2.75) is 32.7 Å². The number of hydrogen-bond acceptors (Lipinski definition) is 4. The van der Waals surface area contributed by atoms with Crippen molar-refractivity contribution < 1.29 is 0 Å². The van der Waals surface area contributed by atoms with E-state index in [2.05, 4.69) is 35.8 Å². The molecule has 20 heavy (non-hydrogen) atoms. The van der Waals surface area contributed by atoms with Gasteiger partial charge in [-0.2, -0.15) is 0 Å². The van der Waals surface area contributed by atoms with Gasteiger partial charge in [0.2, 0.25) is 0 Å². The van der Waals surface area contributed by atoms with Crippen molar-refractivity contribution in [1.29, 1.82) is 0 Å².